The van der Waals surface area contributed by atoms with Gasteiger partial charge in [-0.1, -0.05) is 12.1 Å². The van der Waals surface area contributed by atoms with Crippen LogP contribution in [-0.2, 0) is 5.60 Å². The van der Waals surface area contributed by atoms with Gasteiger partial charge < -0.3 is 5.11 Å². The standard InChI is InChI=1S/C11H13FO/c1-7-5-9(11(13)3-4-11)6-8(2)10(7)12/h5-6,13H,3-4H2,1-2H3. The van der Waals surface area contributed by atoms with Crippen molar-refractivity contribution in [3.63, 3.8) is 0 Å². The van der Waals surface area contributed by atoms with Gasteiger partial charge in [0, 0.05) is 0 Å². The predicted molar refractivity (Wildman–Crippen MR) is 49.0 cm³/mol. The average Bonchev–Trinajstić information content (AvgIpc) is 2.80. The number of rotatable bonds is 1. The molecule has 1 fully saturated rings. The van der Waals surface area contributed by atoms with E-state index in [9.17, 15) is 9.50 Å². The topological polar surface area (TPSA) is 20.2 Å². The van der Waals surface area contributed by atoms with E-state index in [1.807, 2.05) is 0 Å². The SMILES string of the molecule is Cc1cc(C2(O)CC2)cc(C)c1F. The molecule has 0 spiro atoms. The Hall–Kier alpha value is -0.890. The maximum absolute atomic E-state index is 13.2. The molecule has 0 atom stereocenters. The van der Waals surface area contributed by atoms with Gasteiger partial charge >= 0.3 is 0 Å². The number of hydrogen-bond acceptors (Lipinski definition) is 1. The second kappa shape index (κ2) is 2.55. The van der Waals surface area contributed by atoms with Crippen molar-refractivity contribution in [3.05, 3.63) is 34.6 Å². The molecule has 1 aliphatic carbocycles. The van der Waals surface area contributed by atoms with Crippen molar-refractivity contribution in [2.45, 2.75) is 32.3 Å². The largest absolute Gasteiger partial charge is 0.385 e. The van der Waals surface area contributed by atoms with Gasteiger partial charge in [0.2, 0.25) is 0 Å². The van der Waals surface area contributed by atoms with Crippen molar-refractivity contribution in [1.29, 1.82) is 0 Å². The summed E-state index contributed by atoms with van der Waals surface area (Å²) in [5.74, 6) is -0.159. The van der Waals surface area contributed by atoms with Gasteiger partial charge in [0.1, 0.15) is 5.82 Å². The third-order valence-corrected chi connectivity index (χ3v) is 2.70. The molecule has 0 aromatic heterocycles. The van der Waals surface area contributed by atoms with Crippen LogP contribution in [0.25, 0.3) is 0 Å². The van der Waals surface area contributed by atoms with E-state index < -0.39 is 5.60 Å². The molecular formula is C11H13FO. The molecule has 2 rings (SSSR count). The lowest BCUT2D eigenvalue weighted by Crippen LogP contribution is -2.06. The fourth-order valence-electron chi connectivity index (χ4n) is 1.62. The minimum absolute atomic E-state index is 0.159. The summed E-state index contributed by atoms with van der Waals surface area (Å²) in [7, 11) is 0. The molecule has 13 heavy (non-hydrogen) atoms. The quantitative estimate of drug-likeness (QED) is 0.703. The molecule has 0 amide bonds. The van der Waals surface area contributed by atoms with E-state index in [2.05, 4.69) is 0 Å². The smallest absolute Gasteiger partial charge is 0.129 e. The molecule has 0 bridgehead atoms. The second-order valence-electron chi connectivity index (χ2n) is 3.96. The Morgan fingerprint density at radius 2 is 1.69 bits per heavy atom. The molecule has 1 aliphatic rings. The molecule has 0 unspecified atom stereocenters. The highest BCUT2D eigenvalue weighted by atomic mass is 19.1. The molecule has 0 aliphatic heterocycles. The Kier molecular flexibility index (Phi) is 1.70. The maximum atomic E-state index is 13.2. The first-order chi connectivity index (χ1) is 6.03. The Morgan fingerprint density at radius 3 is 2.08 bits per heavy atom. The van der Waals surface area contributed by atoms with Crippen molar-refractivity contribution >= 4 is 0 Å². The first-order valence-electron chi connectivity index (χ1n) is 4.52. The number of benzene rings is 1. The summed E-state index contributed by atoms with van der Waals surface area (Å²) in [5, 5.41) is 9.82. The molecule has 1 nitrogen and oxygen atoms in total. The highest BCUT2D eigenvalue weighted by molar-refractivity contribution is 5.36. The minimum Gasteiger partial charge on any atom is -0.385 e. The van der Waals surface area contributed by atoms with Gasteiger partial charge in [-0.2, -0.15) is 0 Å². The minimum atomic E-state index is -0.650. The van der Waals surface area contributed by atoms with Crippen LogP contribution in [0.3, 0.4) is 0 Å². The van der Waals surface area contributed by atoms with Crippen LogP contribution in [0, 0.1) is 19.7 Å². The van der Waals surface area contributed by atoms with Crippen LogP contribution in [0.5, 0.6) is 0 Å². The molecule has 0 radical (unpaired) electrons. The van der Waals surface area contributed by atoms with Crippen LogP contribution in [0.4, 0.5) is 4.39 Å². The molecule has 1 saturated carbocycles. The van der Waals surface area contributed by atoms with E-state index in [1.165, 1.54) is 0 Å². The van der Waals surface area contributed by atoms with Gasteiger partial charge in [-0.05, 0) is 43.4 Å². The summed E-state index contributed by atoms with van der Waals surface area (Å²) in [6.45, 7) is 3.47. The normalized spacial score (nSPS) is 18.8. The Bertz CT molecular complexity index is 330. The fraction of sp³-hybridized carbons (Fsp3) is 0.455. The molecule has 0 heterocycles. The van der Waals surface area contributed by atoms with Crippen LogP contribution in [0.15, 0.2) is 12.1 Å². The van der Waals surface area contributed by atoms with Crippen LogP contribution in [0.2, 0.25) is 0 Å². The van der Waals surface area contributed by atoms with Crippen LogP contribution < -0.4 is 0 Å². The lowest BCUT2D eigenvalue weighted by atomic mass is 10.0. The van der Waals surface area contributed by atoms with E-state index in [4.69, 9.17) is 0 Å². The van der Waals surface area contributed by atoms with Crippen molar-refractivity contribution in [2.75, 3.05) is 0 Å². The number of aryl methyl sites for hydroxylation is 2. The van der Waals surface area contributed by atoms with E-state index in [0.29, 0.717) is 11.1 Å². The van der Waals surface area contributed by atoms with Gasteiger partial charge in [-0.3, -0.25) is 0 Å². The van der Waals surface area contributed by atoms with Crippen LogP contribution in [-0.4, -0.2) is 5.11 Å². The lowest BCUT2D eigenvalue weighted by Gasteiger charge is -2.11. The highest BCUT2D eigenvalue weighted by Gasteiger charge is 2.42. The summed E-state index contributed by atoms with van der Waals surface area (Å²) < 4.78 is 13.2. The average molecular weight is 180 g/mol. The Labute approximate surface area is 77.2 Å². The van der Waals surface area contributed by atoms with Crippen molar-refractivity contribution in [1.82, 2.24) is 0 Å². The summed E-state index contributed by atoms with van der Waals surface area (Å²) >= 11 is 0. The van der Waals surface area contributed by atoms with Crippen molar-refractivity contribution in [3.8, 4) is 0 Å². The summed E-state index contributed by atoms with van der Waals surface area (Å²) in [4.78, 5) is 0. The molecule has 2 heteroatoms. The molecule has 70 valence electrons. The molecule has 1 aromatic carbocycles. The van der Waals surface area contributed by atoms with E-state index in [-0.39, 0.29) is 5.82 Å². The predicted octanol–water partition coefficient (Wildman–Crippen LogP) is 2.42. The zero-order chi connectivity index (χ0) is 9.64. The van der Waals surface area contributed by atoms with Gasteiger partial charge in [0.05, 0.1) is 5.60 Å². The number of halogens is 1. The van der Waals surface area contributed by atoms with E-state index in [1.54, 1.807) is 26.0 Å². The van der Waals surface area contributed by atoms with E-state index >= 15 is 0 Å². The first-order valence-corrected chi connectivity index (χ1v) is 4.52. The molecule has 0 saturated heterocycles. The van der Waals surface area contributed by atoms with Crippen molar-refractivity contribution < 1.29 is 9.50 Å². The number of aliphatic hydroxyl groups is 1. The van der Waals surface area contributed by atoms with Crippen LogP contribution >= 0.6 is 0 Å². The summed E-state index contributed by atoms with van der Waals surface area (Å²) in [6, 6.07) is 3.49. The summed E-state index contributed by atoms with van der Waals surface area (Å²) in [6.07, 6.45) is 1.61. The molecule has 1 N–H and O–H groups in total. The van der Waals surface area contributed by atoms with Gasteiger partial charge in [-0.25, -0.2) is 4.39 Å². The number of hydrogen-bond donors (Lipinski definition) is 1. The maximum Gasteiger partial charge on any atom is 0.129 e. The first kappa shape index (κ1) is 8.70. The van der Waals surface area contributed by atoms with Gasteiger partial charge in [0.25, 0.3) is 0 Å². The van der Waals surface area contributed by atoms with Crippen molar-refractivity contribution in [2.24, 2.45) is 0 Å². The summed E-state index contributed by atoms with van der Waals surface area (Å²) in [5.41, 5.74) is 1.46. The molecular weight excluding hydrogens is 167 g/mol. The monoisotopic (exact) mass is 180 g/mol. The molecule has 1 aromatic rings. The van der Waals surface area contributed by atoms with Gasteiger partial charge in [0.15, 0.2) is 0 Å². The third kappa shape index (κ3) is 1.35. The zero-order valence-electron chi connectivity index (χ0n) is 7.89. The Morgan fingerprint density at radius 1 is 1.23 bits per heavy atom. The lowest BCUT2D eigenvalue weighted by molar-refractivity contribution is 0.151. The van der Waals surface area contributed by atoms with Crippen LogP contribution in [0.1, 0.15) is 29.5 Å². The zero-order valence-corrected chi connectivity index (χ0v) is 7.89. The highest BCUT2D eigenvalue weighted by Crippen LogP contribution is 2.45. The van der Waals surface area contributed by atoms with Gasteiger partial charge in [-0.15, -0.1) is 0 Å². The third-order valence-electron chi connectivity index (χ3n) is 2.70. The van der Waals surface area contributed by atoms with E-state index in [0.717, 1.165) is 18.4 Å². The Balaban J connectivity index is 2.50. The second-order valence-corrected chi connectivity index (χ2v) is 3.96. The fourth-order valence-corrected chi connectivity index (χ4v) is 1.62.